The molecule has 0 radical (unpaired) electrons. The summed E-state index contributed by atoms with van der Waals surface area (Å²) >= 11 is 0. The summed E-state index contributed by atoms with van der Waals surface area (Å²) in [6.45, 7) is 3.90. The first-order valence-corrected chi connectivity index (χ1v) is 10.1. The predicted octanol–water partition coefficient (Wildman–Crippen LogP) is 3.22. The maximum atomic E-state index is 5.69. The number of ether oxygens (including phenoxy) is 1. The van der Waals surface area contributed by atoms with Gasteiger partial charge in [-0.3, -0.25) is 9.89 Å². The lowest BCUT2D eigenvalue weighted by molar-refractivity contribution is 0.215. The van der Waals surface area contributed by atoms with Gasteiger partial charge in [0, 0.05) is 20.1 Å². The average Bonchev–Trinajstić information content (AvgIpc) is 3.44. The molecule has 1 fully saturated rings. The molecule has 2 aromatic rings. The lowest BCUT2D eigenvalue weighted by Crippen LogP contribution is -2.42. The van der Waals surface area contributed by atoms with Crippen molar-refractivity contribution in [2.24, 2.45) is 4.99 Å². The molecule has 1 aromatic heterocycles. The molecule has 1 saturated heterocycles. The molecule has 1 aliphatic rings. The lowest BCUT2D eigenvalue weighted by atomic mass is 10.1. The molecular weight excluding hydrogens is 352 g/mol. The molecule has 152 valence electrons. The number of hydrogen-bond acceptors (Lipinski definition) is 4. The molecule has 2 heterocycles. The second-order valence-corrected chi connectivity index (χ2v) is 7.11. The number of nitrogens with one attached hydrogen (secondary N) is 2. The molecule has 1 atom stereocenters. The third-order valence-corrected chi connectivity index (χ3v) is 5.21. The van der Waals surface area contributed by atoms with Crippen molar-refractivity contribution in [2.75, 3.05) is 40.3 Å². The standard InChI is InChI=1S/C22H32N4O2/c1-23-22(24-12-6-9-18-8-5-10-19(16-18)27-2)25-17-20(21-11-7-15-28-21)26-13-3-4-14-26/h5,7-8,10-11,15-16,20H,3-4,6,9,12-14,17H2,1-2H3,(H2,23,24,25). The molecule has 1 unspecified atom stereocenters. The van der Waals surface area contributed by atoms with Crippen molar-refractivity contribution in [3.8, 4) is 5.75 Å². The first kappa shape index (κ1) is 20.3. The van der Waals surface area contributed by atoms with Crippen molar-refractivity contribution < 1.29 is 9.15 Å². The van der Waals surface area contributed by atoms with Crippen LogP contribution in [0.4, 0.5) is 0 Å². The van der Waals surface area contributed by atoms with E-state index in [4.69, 9.17) is 9.15 Å². The van der Waals surface area contributed by atoms with E-state index in [2.05, 4.69) is 38.7 Å². The summed E-state index contributed by atoms with van der Waals surface area (Å²) in [5, 5.41) is 6.89. The number of nitrogens with zero attached hydrogens (tertiary/aromatic N) is 2. The highest BCUT2D eigenvalue weighted by molar-refractivity contribution is 5.79. The molecule has 0 amide bonds. The monoisotopic (exact) mass is 384 g/mol. The number of guanidine groups is 1. The van der Waals surface area contributed by atoms with Crippen LogP contribution in [0.15, 0.2) is 52.1 Å². The zero-order valence-electron chi connectivity index (χ0n) is 17.0. The van der Waals surface area contributed by atoms with Crippen LogP contribution in [0, 0.1) is 0 Å². The summed E-state index contributed by atoms with van der Waals surface area (Å²) in [7, 11) is 3.52. The van der Waals surface area contributed by atoms with Gasteiger partial charge >= 0.3 is 0 Å². The normalized spacial score (nSPS) is 16.1. The Morgan fingerprint density at radius 3 is 2.79 bits per heavy atom. The Hall–Kier alpha value is -2.47. The van der Waals surface area contributed by atoms with Crippen LogP contribution in [-0.2, 0) is 6.42 Å². The summed E-state index contributed by atoms with van der Waals surface area (Å²) in [4.78, 5) is 6.85. The van der Waals surface area contributed by atoms with Crippen molar-refractivity contribution in [1.82, 2.24) is 15.5 Å². The fourth-order valence-electron chi connectivity index (χ4n) is 3.69. The summed E-state index contributed by atoms with van der Waals surface area (Å²) in [5.41, 5.74) is 1.29. The SMILES string of the molecule is CN=C(NCCCc1cccc(OC)c1)NCC(c1ccco1)N1CCCC1. The Kier molecular flexibility index (Phi) is 7.79. The van der Waals surface area contributed by atoms with Gasteiger partial charge < -0.3 is 19.8 Å². The van der Waals surface area contributed by atoms with Gasteiger partial charge in [0.1, 0.15) is 11.5 Å². The van der Waals surface area contributed by atoms with Gasteiger partial charge in [-0.25, -0.2) is 0 Å². The summed E-state index contributed by atoms with van der Waals surface area (Å²) in [5.74, 6) is 2.76. The number of furan rings is 1. The second-order valence-electron chi connectivity index (χ2n) is 7.11. The van der Waals surface area contributed by atoms with Gasteiger partial charge in [-0.15, -0.1) is 0 Å². The smallest absolute Gasteiger partial charge is 0.191 e. The highest BCUT2D eigenvalue weighted by Crippen LogP contribution is 2.24. The molecule has 1 aliphatic heterocycles. The predicted molar refractivity (Wildman–Crippen MR) is 113 cm³/mol. The number of aliphatic imine (C=N–C) groups is 1. The van der Waals surface area contributed by atoms with Gasteiger partial charge in [0.05, 0.1) is 19.4 Å². The Morgan fingerprint density at radius 1 is 1.21 bits per heavy atom. The van der Waals surface area contributed by atoms with Crippen LogP contribution in [0.2, 0.25) is 0 Å². The fraction of sp³-hybridized carbons (Fsp3) is 0.500. The van der Waals surface area contributed by atoms with Gasteiger partial charge in [-0.05, 0) is 68.6 Å². The maximum absolute atomic E-state index is 5.69. The van der Waals surface area contributed by atoms with E-state index in [0.29, 0.717) is 0 Å². The quantitative estimate of drug-likeness (QED) is 0.395. The molecular formula is C22H32N4O2. The Morgan fingerprint density at radius 2 is 2.07 bits per heavy atom. The van der Waals surface area contributed by atoms with Gasteiger partial charge in [0.15, 0.2) is 5.96 Å². The molecule has 6 heteroatoms. The van der Waals surface area contributed by atoms with E-state index in [0.717, 1.165) is 56.5 Å². The van der Waals surface area contributed by atoms with Crippen molar-refractivity contribution >= 4 is 5.96 Å². The van der Waals surface area contributed by atoms with E-state index in [1.54, 1.807) is 13.4 Å². The number of rotatable bonds is 9. The van der Waals surface area contributed by atoms with Crippen LogP contribution in [-0.4, -0.2) is 51.2 Å². The van der Waals surface area contributed by atoms with Crippen LogP contribution in [0.25, 0.3) is 0 Å². The number of benzene rings is 1. The van der Waals surface area contributed by atoms with Gasteiger partial charge in [0.2, 0.25) is 0 Å². The number of aryl methyl sites for hydroxylation is 1. The highest BCUT2D eigenvalue weighted by atomic mass is 16.5. The van der Waals surface area contributed by atoms with Crippen molar-refractivity contribution in [3.05, 3.63) is 54.0 Å². The molecule has 3 rings (SSSR count). The van der Waals surface area contributed by atoms with Crippen LogP contribution in [0.3, 0.4) is 0 Å². The third-order valence-electron chi connectivity index (χ3n) is 5.21. The lowest BCUT2D eigenvalue weighted by Gasteiger charge is -2.26. The van der Waals surface area contributed by atoms with E-state index >= 15 is 0 Å². The summed E-state index contributed by atoms with van der Waals surface area (Å²) < 4.78 is 11.0. The molecule has 1 aromatic carbocycles. The molecule has 0 bridgehead atoms. The van der Waals surface area contributed by atoms with E-state index < -0.39 is 0 Å². The van der Waals surface area contributed by atoms with Crippen LogP contribution >= 0.6 is 0 Å². The van der Waals surface area contributed by atoms with Crippen molar-refractivity contribution in [1.29, 1.82) is 0 Å². The average molecular weight is 385 g/mol. The molecule has 0 spiro atoms. The van der Waals surface area contributed by atoms with Gasteiger partial charge in [-0.1, -0.05) is 12.1 Å². The zero-order valence-corrected chi connectivity index (χ0v) is 17.0. The molecule has 0 aliphatic carbocycles. The van der Waals surface area contributed by atoms with Crippen molar-refractivity contribution in [2.45, 2.75) is 31.7 Å². The Balaban J connectivity index is 1.44. The maximum Gasteiger partial charge on any atom is 0.191 e. The minimum Gasteiger partial charge on any atom is -0.497 e. The van der Waals surface area contributed by atoms with Crippen LogP contribution in [0.5, 0.6) is 5.75 Å². The Bertz CT molecular complexity index is 724. The Labute approximate surface area is 168 Å². The number of likely N-dealkylation sites (tertiary alicyclic amines) is 1. The fourth-order valence-corrected chi connectivity index (χ4v) is 3.69. The van der Waals surface area contributed by atoms with E-state index in [9.17, 15) is 0 Å². The van der Waals surface area contributed by atoms with E-state index in [-0.39, 0.29) is 6.04 Å². The molecule has 0 saturated carbocycles. The van der Waals surface area contributed by atoms with Gasteiger partial charge in [0.25, 0.3) is 0 Å². The molecule has 28 heavy (non-hydrogen) atoms. The zero-order chi connectivity index (χ0) is 19.6. The number of methoxy groups -OCH3 is 1. The number of hydrogen-bond donors (Lipinski definition) is 2. The second kappa shape index (κ2) is 10.8. The topological polar surface area (TPSA) is 62.0 Å². The van der Waals surface area contributed by atoms with Crippen LogP contribution < -0.4 is 15.4 Å². The highest BCUT2D eigenvalue weighted by Gasteiger charge is 2.25. The summed E-state index contributed by atoms with van der Waals surface area (Å²) in [6, 6.07) is 12.5. The molecule has 2 N–H and O–H groups in total. The van der Waals surface area contributed by atoms with E-state index in [1.165, 1.54) is 18.4 Å². The van der Waals surface area contributed by atoms with Crippen LogP contribution in [0.1, 0.15) is 36.6 Å². The van der Waals surface area contributed by atoms with E-state index in [1.807, 2.05) is 25.2 Å². The first-order valence-electron chi connectivity index (χ1n) is 10.1. The van der Waals surface area contributed by atoms with Crippen molar-refractivity contribution in [3.63, 3.8) is 0 Å². The summed E-state index contributed by atoms with van der Waals surface area (Å²) in [6.07, 6.45) is 6.30. The molecule has 6 nitrogen and oxygen atoms in total. The minimum absolute atomic E-state index is 0.243. The van der Waals surface area contributed by atoms with Gasteiger partial charge in [-0.2, -0.15) is 0 Å². The third kappa shape index (κ3) is 5.76. The largest absolute Gasteiger partial charge is 0.497 e. The first-order chi connectivity index (χ1) is 13.8. The minimum atomic E-state index is 0.243.